The van der Waals surface area contributed by atoms with Crippen LogP contribution in [0.25, 0.3) is 23.0 Å². The van der Waals surface area contributed by atoms with Crippen molar-refractivity contribution in [3.8, 4) is 22.7 Å². The number of nitrogens with zero attached hydrogens (tertiary/aromatic N) is 4. The number of aromatic nitrogens is 2. The number of carbonyl (C=O) groups excluding carboxylic acids is 1. The third-order valence-corrected chi connectivity index (χ3v) is 7.39. The molecule has 0 N–H and O–H groups in total. The SMILES string of the molecule is Cc1cc(-c2nn(-c3ccccc3)cc2/C=C2/SC(N3CCOCC3)=NC2=O)ccc1OCCC(C)C. The fraction of sp³-hybridized carbons (Fsp3) is 0.345. The zero-order valence-corrected chi connectivity index (χ0v) is 22.3. The Kier molecular flexibility index (Phi) is 7.76. The summed E-state index contributed by atoms with van der Waals surface area (Å²) in [7, 11) is 0. The molecule has 0 unspecified atom stereocenters. The Balaban J connectivity index is 1.46. The van der Waals surface area contributed by atoms with E-state index in [9.17, 15) is 4.79 Å². The molecule has 2 aliphatic rings. The Hall–Kier alpha value is -3.36. The molecule has 0 saturated carbocycles. The summed E-state index contributed by atoms with van der Waals surface area (Å²) in [6.07, 6.45) is 4.90. The van der Waals surface area contributed by atoms with Crippen molar-refractivity contribution in [2.75, 3.05) is 32.9 Å². The van der Waals surface area contributed by atoms with Crippen molar-refractivity contribution >= 4 is 28.9 Å². The molecule has 3 aromatic rings. The van der Waals surface area contributed by atoms with Crippen LogP contribution < -0.4 is 4.74 Å². The van der Waals surface area contributed by atoms with E-state index in [-0.39, 0.29) is 5.91 Å². The molecule has 2 aliphatic heterocycles. The maximum absolute atomic E-state index is 12.8. The van der Waals surface area contributed by atoms with Crippen molar-refractivity contribution in [3.63, 3.8) is 0 Å². The second kappa shape index (κ2) is 11.4. The highest BCUT2D eigenvalue weighted by Gasteiger charge is 2.28. The number of thioether (sulfide) groups is 1. The highest BCUT2D eigenvalue weighted by atomic mass is 32.2. The van der Waals surface area contributed by atoms with Crippen molar-refractivity contribution in [1.29, 1.82) is 0 Å². The zero-order chi connectivity index (χ0) is 25.8. The predicted molar refractivity (Wildman–Crippen MR) is 149 cm³/mol. The maximum atomic E-state index is 12.8. The summed E-state index contributed by atoms with van der Waals surface area (Å²) in [5, 5.41) is 5.67. The Labute approximate surface area is 222 Å². The molecule has 0 aliphatic carbocycles. The van der Waals surface area contributed by atoms with Crippen LogP contribution in [0.4, 0.5) is 0 Å². The molecule has 0 spiro atoms. The van der Waals surface area contributed by atoms with Gasteiger partial charge in [-0.3, -0.25) is 4.79 Å². The second-order valence-corrected chi connectivity index (χ2v) is 10.6. The van der Waals surface area contributed by atoms with Crippen LogP contribution in [-0.2, 0) is 9.53 Å². The molecular formula is C29H32N4O3S. The Morgan fingerprint density at radius 1 is 1.14 bits per heavy atom. The first-order chi connectivity index (χ1) is 18.0. The smallest absolute Gasteiger partial charge is 0.286 e. The number of aliphatic imine (C=N–C) groups is 1. The fourth-order valence-corrected chi connectivity index (χ4v) is 5.18. The van der Waals surface area contributed by atoms with Gasteiger partial charge in [0, 0.05) is 30.4 Å². The van der Waals surface area contributed by atoms with Gasteiger partial charge in [0.2, 0.25) is 0 Å². The normalized spacial score (nSPS) is 17.1. The average molecular weight is 517 g/mol. The summed E-state index contributed by atoms with van der Waals surface area (Å²) < 4.78 is 13.3. The summed E-state index contributed by atoms with van der Waals surface area (Å²) in [4.78, 5) is 19.9. The minimum atomic E-state index is -0.213. The topological polar surface area (TPSA) is 69.0 Å². The van der Waals surface area contributed by atoms with E-state index in [1.165, 1.54) is 11.8 Å². The van der Waals surface area contributed by atoms with Crippen LogP contribution in [0.15, 0.2) is 64.6 Å². The first-order valence-corrected chi connectivity index (χ1v) is 13.5. The van der Waals surface area contributed by atoms with Crippen LogP contribution >= 0.6 is 11.8 Å². The van der Waals surface area contributed by atoms with Crippen LogP contribution in [-0.4, -0.2) is 58.7 Å². The molecule has 5 rings (SSSR count). The van der Waals surface area contributed by atoms with E-state index in [4.69, 9.17) is 14.6 Å². The number of hydrogen-bond acceptors (Lipinski definition) is 6. The number of hydrogen-bond donors (Lipinski definition) is 0. The van der Waals surface area contributed by atoms with Crippen molar-refractivity contribution in [3.05, 3.63) is 70.8 Å². The number of ether oxygens (including phenoxy) is 2. The van der Waals surface area contributed by atoms with Crippen molar-refractivity contribution in [2.45, 2.75) is 27.2 Å². The number of amidine groups is 1. The van der Waals surface area contributed by atoms with Gasteiger partial charge in [0.15, 0.2) is 5.17 Å². The molecule has 8 heteroatoms. The zero-order valence-electron chi connectivity index (χ0n) is 21.5. The fourth-order valence-electron chi connectivity index (χ4n) is 4.22. The van der Waals surface area contributed by atoms with E-state index in [1.54, 1.807) is 0 Å². The molecule has 37 heavy (non-hydrogen) atoms. The van der Waals surface area contributed by atoms with E-state index in [2.05, 4.69) is 36.7 Å². The summed E-state index contributed by atoms with van der Waals surface area (Å²) in [5.41, 5.74) is 4.65. The molecule has 192 valence electrons. The third-order valence-electron chi connectivity index (χ3n) is 6.34. The van der Waals surface area contributed by atoms with E-state index in [0.717, 1.165) is 58.5 Å². The summed E-state index contributed by atoms with van der Waals surface area (Å²) >= 11 is 1.42. The third kappa shape index (κ3) is 5.97. The summed E-state index contributed by atoms with van der Waals surface area (Å²) in [6, 6.07) is 16.1. The highest BCUT2D eigenvalue weighted by Crippen LogP contribution is 2.34. The molecule has 1 amide bonds. The van der Waals surface area contributed by atoms with Gasteiger partial charge < -0.3 is 14.4 Å². The van der Waals surface area contributed by atoms with Crippen LogP contribution in [0.3, 0.4) is 0 Å². The lowest BCUT2D eigenvalue weighted by atomic mass is 10.0. The van der Waals surface area contributed by atoms with Gasteiger partial charge in [-0.2, -0.15) is 10.1 Å². The van der Waals surface area contributed by atoms with Crippen LogP contribution in [0.2, 0.25) is 0 Å². The Bertz CT molecular complexity index is 1320. The largest absolute Gasteiger partial charge is 0.493 e. The molecule has 1 aromatic heterocycles. The molecule has 0 bridgehead atoms. The monoisotopic (exact) mass is 516 g/mol. The second-order valence-electron chi connectivity index (χ2n) is 9.63. The molecule has 3 heterocycles. The molecule has 1 fully saturated rings. The number of rotatable bonds is 7. The Morgan fingerprint density at radius 3 is 2.65 bits per heavy atom. The minimum absolute atomic E-state index is 0.213. The predicted octanol–water partition coefficient (Wildman–Crippen LogP) is 5.58. The number of carbonyl (C=O) groups is 1. The molecule has 1 saturated heterocycles. The van der Waals surface area contributed by atoms with Gasteiger partial charge in [0.1, 0.15) is 11.4 Å². The van der Waals surface area contributed by atoms with E-state index in [1.807, 2.05) is 59.4 Å². The van der Waals surface area contributed by atoms with Crippen LogP contribution in [0.5, 0.6) is 5.75 Å². The van der Waals surface area contributed by atoms with Gasteiger partial charge in [-0.05, 0) is 73.0 Å². The first kappa shape index (κ1) is 25.3. The van der Waals surface area contributed by atoms with Gasteiger partial charge in [-0.25, -0.2) is 4.68 Å². The lowest BCUT2D eigenvalue weighted by Crippen LogP contribution is -2.38. The number of amides is 1. The van der Waals surface area contributed by atoms with Gasteiger partial charge >= 0.3 is 0 Å². The number of aryl methyl sites for hydroxylation is 1. The standard InChI is InChI=1S/C29H32N4O3S/c1-20(2)11-14-36-25-10-9-22(17-21(25)3)27-23(19-33(31-27)24-7-5-4-6-8-24)18-26-28(34)30-29(37-26)32-12-15-35-16-13-32/h4-10,17-20H,11-16H2,1-3H3/b26-18+. The first-order valence-electron chi connectivity index (χ1n) is 12.7. The molecule has 0 radical (unpaired) electrons. The van der Waals surface area contributed by atoms with Crippen LogP contribution in [0.1, 0.15) is 31.4 Å². The lowest BCUT2D eigenvalue weighted by Gasteiger charge is -2.27. The van der Waals surface area contributed by atoms with E-state index < -0.39 is 0 Å². The number of morpholine rings is 1. The molecular weight excluding hydrogens is 484 g/mol. The molecule has 0 atom stereocenters. The number of para-hydroxylation sites is 1. The maximum Gasteiger partial charge on any atom is 0.286 e. The highest BCUT2D eigenvalue weighted by molar-refractivity contribution is 8.18. The van der Waals surface area contributed by atoms with Crippen LogP contribution in [0, 0.1) is 12.8 Å². The van der Waals surface area contributed by atoms with Gasteiger partial charge in [0.05, 0.1) is 30.4 Å². The Morgan fingerprint density at radius 2 is 1.92 bits per heavy atom. The molecule has 7 nitrogen and oxygen atoms in total. The minimum Gasteiger partial charge on any atom is -0.493 e. The summed E-state index contributed by atoms with van der Waals surface area (Å²) in [5.74, 6) is 1.27. The van der Waals surface area contributed by atoms with Gasteiger partial charge in [-0.15, -0.1) is 0 Å². The average Bonchev–Trinajstić information content (AvgIpc) is 3.50. The summed E-state index contributed by atoms with van der Waals surface area (Å²) in [6.45, 7) is 9.93. The lowest BCUT2D eigenvalue weighted by molar-refractivity contribution is -0.113. The van der Waals surface area contributed by atoms with Crippen molar-refractivity contribution in [1.82, 2.24) is 14.7 Å². The molecule has 2 aromatic carbocycles. The van der Waals surface area contributed by atoms with Crippen molar-refractivity contribution in [2.24, 2.45) is 10.9 Å². The van der Waals surface area contributed by atoms with Crippen molar-refractivity contribution < 1.29 is 14.3 Å². The van der Waals surface area contributed by atoms with Gasteiger partial charge in [0.25, 0.3) is 5.91 Å². The van der Waals surface area contributed by atoms with Gasteiger partial charge in [-0.1, -0.05) is 32.0 Å². The van der Waals surface area contributed by atoms with E-state index in [0.29, 0.717) is 30.6 Å². The quantitative estimate of drug-likeness (QED) is 0.382. The number of benzene rings is 2. The van der Waals surface area contributed by atoms with E-state index >= 15 is 0 Å².